The maximum atomic E-state index is 11.3. The zero-order chi connectivity index (χ0) is 14.5. The zero-order valence-electron chi connectivity index (χ0n) is 12.0. The van der Waals surface area contributed by atoms with Gasteiger partial charge in [0.1, 0.15) is 6.33 Å². The van der Waals surface area contributed by atoms with Crippen molar-refractivity contribution in [3.8, 4) is 0 Å². The van der Waals surface area contributed by atoms with E-state index in [0.29, 0.717) is 24.1 Å². The van der Waals surface area contributed by atoms with E-state index in [4.69, 9.17) is 0 Å². The highest BCUT2D eigenvalue weighted by Gasteiger charge is 2.27. The average Bonchev–Trinajstić information content (AvgIpc) is 2.39. The fraction of sp³-hybridized carbons (Fsp3) is 0.692. The monoisotopic (exact) mass is 279 g/mol. The maximum Gasteiger partial charge on any atom is 0.353 e. The molecule has 0 spiro atoms. The van der Waals surface area contributed by atoms with Gasteiger partial charge in [0.25, 0.3) is 0 Å². The summed E-state index contributed by atoms with van der Waals surface area (Å²) >= 11 is 0. The lowest BCUT2D eigenvalue weighted by molar-refractivity contribution is -0.383. The van der Waals surface area contributed by atoms with Crippen LogP contribution in [0.1, 0.15) is 32.6 Å². The summed E-state index contributed by atoms with van der Waals surface area (Å²) in [5, 5.41) is 14.3. The van der Waals surface area contributed by atoms with Crippen LogP contribution in [0.4, 0.5) is 17.3 Å². The summed E-state index contributed by atoms with van der Waals surface area (Å²) in [4.78, 5) is 20.9. The topological polar surface area (TPSA) is 84.2 Å². The Morgan fingerprint density at radius 3 is 2.80 bits per heavy atom. The molecule has 0 aliphatic heterocycles. The minimum absolute atomic E-state index is 0.0252. The molecule has 0 bridgehead atoms. The van der Waals surface area contributed by atoms with Crippen molar-refractivity contribution in [1.82, 2.24) is 9.97 Å². The summed E-state index contributed by atoms with van der Waals surface area (Å²) in [7, 11) is 1.86. The number of aromatic nitrogens is 2. The third-order valence-corrected chi connectivity index (χ3v) is 3.65. The van der Waals surface area contributed by atoms with E-state index < -0.39 is 4.92 Å². The number of nitro groups is 1. The van der Waals surface area contributed by atoms with E-state index in [-0.39, 0.29) is 5.69 Å². The minimum Gasteiger partial charge on any atom is -0.364 e. The number of hydrogen-bond acceptors (Lipinski definition) is 6. The molecular weight excluding hydrogens is 258 g/mol. The molecule has 2 rings (SSSR count). The van der Waals surface area contributed by atoms with Gasteiger partial charge >= 0.3 is 5.69 Å². The van der Waals surface area contributed by atoms with Gasteiger partial charge in [-0.2, -0.15) is 0 Å². The fourth-order valence-corrected chi connectivity index (χ4v) is 2.34. The molecule has 1 heterocycles. The second-order valence-electron chi connectivity index (χ2n) is 5.26. The normalized spacial score (nSPS) is 14.7. The Morgan fingerprint density at radius 1 is 1.50 bits per heavy atom. The van der Waals surface area contributed by atoms with Crippen LogP contribution < -0.4 is 10.2 Å². The first-order chi connectivity index (χ1) is 9.63. The highest BCUT2D eigenvalue weighted by molar-refractivity contribution is 5.70. The molecule has 7 heteroatoms. The third kappa shape index (κ3) is 3.15. The lowest BCUT2D eigenvalue weighted by Crippen LogP contribution is -2.30. The van der Waals surface area contributed by atoms with Crippen molar-refractivity contribution in [2.24, 2.45) is 5.92 Å². The Morgan fingerprint density at radius 2 is 2.25 bits per heavy atom. The number of anilines is 2. The molecule has 0 amide bonds. The van der Waals surface area contributed by atoms with Gasteiger partial charge in [-0.1, -0.05) is 13.3 Å². The number of nitrogens with zero attached hydrogens (tertiary/aromatic N) is 4. The first kappa shape index (κ1) is 14.5. The Balaban J connectivity index is 2.23. The number of nitrogens with one attached hydrogen (secondary N) is 1. The van der Waals surface area contributed by atoms with Crippen LogP contribution in [0.15, 0.2) is 6.33 Å². The second-order valence-corrected chi connectivity index (χ2v) is 5.26. The summed E-state index contributed by atoms with van der Waals surface area (Å²) in [6.45, 7) is 3.47. The van der Waals surface area contributed by atoms with Crippen LogP contribution in [0.2, 0.25) is 0 Å². The lowest BCUT2D eigenvalue weighted by atomic mass is 9.85. The van der Waals surface area contributed by atoms with Crippen LogP contribution >= 0.6 is 0 Å². The van der Waals surface area contributed by atoms with E-state index >= 15 is 0 Å². The molecule has 20 heavy (non-hydrogen) atoms. The predicted molar refractivity (Wildman–Crippen MR) is 78.1 cm³/mol. The van der Waals surface area contributed by atoms with Gasteiger partial charge < -0.3 is 10.2 Å². The average molecular weight is 279 g/mol. The largest absolute Gasteiger partial charge is 0.364 e. The lowest BCUT2D eigenvalue weighted by Gasteiger charge is -2.30. The predicted octanol–water partition coefficient (Wildman–Crippen LogP) is 2.44. The first-order valence-corrected chi connectivity index (χ1v) is 7.07. The van der Waals surface area contributed by atoms with Crippen molar-refractivity contribution >= 4 is 17.3 Å². The zero-order valence-corrected chi connectivity index (χ0v) is 12.0. The Hall–Kier alpha value is -1.92. The van der Waals surface area contributed by atoms with Crippen molar-refractivity contribution < 1.29 is 4.92 Å². The molecular formula is C13H21N5O2. The second kappa shape index (κ2) is 6.49. The van der Waals surface area contributed by atoms with E-state index in [9.17, 15) is 10.1 Å². The smallest absolute Gasteiger partial charge is 0.353 e. The van der Waals surface area contributed by atoms with Crippen LogP contribution in [-0.4, -0.2) is 35.0 Å². The van der Waals surface area contributed by atoms with Gasteiger partial charge in [-0.25, -0.2) is 9.97 Å². The van der Waals surface area contributed by atoms with E-state index in [1.54, 1.807) is 0 Å². The van der Waals surface area contributed by atoms with E-state index in [0.717, 1.165) is 13.0 Å². The molecule has 7 nitrogen and oxygen atoms in total. The van der Waals surface area contributed by atoms with Crippen molar-refractivity contribution in [2.75, 3.05) is 30.4 Å². The molecule has 1 aromatic heterocycles. The van der Waals surface area contributed by atoms with Crippen LogP contribution in [0.25, 0.3) is 0 Å². The number of rotatable bonds is 7. The van der Waals surface area contributed by atoms with Gasteiger partial charge in [0.2, 0.25) is 11.6 Å². The van der Waals surface area contributed by atoms with Crippen LogP contribution in [-0.2, 0) is 0 Å². The molecule has 1 aliphatic carbocycles. The van der Waals surface area contributed by atoms with E-state index in [2.05, 4.69) is 15.3 Å². The quantitative estimate of drug-likeness (QED) is 0.609. The van der Waals surface area contributed by atoms with Crippen molar-refractivity contribution in [2.45, 2.75) is 32.6 Å². The SMILES string of the molecule is CCCNc1ncnc(N(C)CC2CCC2)c1[N+](=O)[O-]. The summed E-state index contributed by atoms with van der Waals surface area (Å²) in [5.74, 6) is 1.33. The van der Waals surface area contributed by atoms with Crippen LogP contribution in [0.3, 0.4) is 0 Å². The van der Waals surface area contributed by atoms with Crippen molar-refractivity contribution in [1.29, 1.82) is 0 Å². The highest BCUT2D eigenvalue weighted by Crippen LogP contribution is 2.33. The van der Waals surface area contributed by atoms with Crippen LogP contribution in [0, 0.1) is 16.0 Å². The fourth-order valence-electron chi connectivity index (χ4n) is 2.34. The Kier molecular flexibility index (Phi) is 4.70. The van der Waals surface area contributed by atoms with E-state index in [1.807, 2.05) is 18.9 Å². The van der Waals surface area contributed by atoms with Gasteiger partial charge in [-0.15, -0.1) is 0 Å². The molecule has 0 aromatic carbocycles. The molecule has 0 atom stereocenters. The Bertz CT molecular complexity index is 476. The van der Waals surface area contributed by atoms with Gasteiger partial charge in [0.15, 0.2) is 0 Å². The summed E-state index contributed by atoms with van der Waals surface area (Å²) in [5.41, 5.74) is -0.0252. The molecule has 1 aromatic rings. The van der Waals surface area contributed by atoms with E-state index in [1.165, 1.54) is 25.6 Å². The molecule has 0 unspecified atom stereocenters. The maximum absolute atomic E-state index is 11.3. The highest BCUT2D eigenvalue weighted by atomic mass is 16.6. The molecule has 110 valence electrons. The van der Waals surface area contributed by atoms with Gasteiger partial charge in [0, 0.05) is 20.1 Å². The van der Waals surface area contributed by atoms with Crippen molar-refractivity contribution in [3.05, 3.63) is 16.4 Å². The summed E-state index contributed by atoms with van der Waals surface area (Å²) in [6, 6.07) is 0. The molecule has 0 saturated heterocycles. The first-order valence-electron chi connectivity index (χ1n) is 7.07. The summed E-state index contributed by atoms with van der Waals surface area (Å²) < 4.78 is 0. The molecule has 1 N–H and O–H groups in total. The molecule has 0 radical (unpaired) electrons. The Labute approximate surface area is 118 Å². The van der Waals surface area contributed by atoms with Crippen LogP contribution in [0.5, 0.6) is 0 Å². The summed E-state index contributed by atoms with van der Waals surface area (Å²) in [6.07, 6.45) is 5.92. The third-order valence-electron chi connectivity index (χ3n) is 3.65. The molecule has 1 fully saturated rings. The molecule has 1 saturated carbocycles. The van der Waals surface area contributed by atoms with Gasteiger partial charge in [-0.3, -0.25) is 10.1 Å². The van der Waals surface area contributed by atoms with Gasteiger partial charge in [0.05, 0.1) is 4.92 Å². The van der Waals surface area contributed by atoms with Gasteiger partial charge in [-0.05, 0) is 25.2 Å². The number of hydrogen-bond donors (Lipinski definition) is 1. The minimum atomic E-state index is -0.398. The molecule has 1 aliphatic rings. The van der Waals surface area contributed by atoms with Crippen molar-refractivity contribution in [3.63, 3.8) is 0 Å². The standard InChI is InChI=1S/C13H21N5O2/c1-3-7-14-12-11(18(19)20)13(16-9-15-12)17(2)8-10-5-4-6-10/h9-10H,3-8H2,1-2H3,(H,14,15,16).